The zero-order valence-corrected chi connectivity index (χ0v) is 16.7. The van der Waals surface area contributed by atoms with Gasteiger partial charge in [0, 0.05) is 18.8 Å². The number of hydrogen-bond donors (Lipinski definition) is 2. The zero-order valence-electron chi connectivity index (χ0n) is 15.8. The van der Waals surface area contributed by atoms with Crippen molar-refractivity contribution in [2.75, 3.05) is 37.4 Å². The Morgan fingerprint density at radius 2 is 1.71 bits per heavy atom. The highest BCUT2D eigenvalue weighted by atomic mass is 32.2. The summed E-state index contributed by atoms with van der Waals surface area (Å²) in [6, 6.07) is 13.6. The number of sulfonamides is 1. The summed E-state index contributed by atoms with van der Waals surface area (Å²) in [5, 5.41) is 5.78. The van der Waals surface area contributed by atoms with Gasteiger partial charge in [0.1, 0.15) is 5.75 Å². The molecule has 0 radical (unpaired) electrons. The molecule has 0 spiro atoms. The molecule has 1 amide bonds. The van der Waals surface area contributed by atoms with E-state index in [-0.39, 0.29) is 17.3 Å². The van der Waals surface area contributed by atoms with Crippen molar-refractivity contribution < 1.29 is 17.9 Å². The largest absolute Gasteiger partial charge is 0.495 e. The molecule has 8 heteroatoms. The minimum absolute atomic E-state index is 0.0637. The number of carbonyl (C=O) groups excluding carboxylic acids is 1. The Balaban J connectivity index is 1.58. The predicted molar refractivity (Wildman–Crippen MR) is 109 cm³/mol. The van der Waals surface area contributed by atoms with E-state index in [2.05, 4.69) is 10.6 Å². The highest BCUT2D eigenvalue weighted by Gasteiger charge is 2.25. The van der Waals surface area contributed by atoms with E-state index >= 15 is 0 Å². The molecule has 0 bridgehead atoms. The van der Waals surface area contributed by atoms with E-state index in [4.69, 9.17) is 4.74 Å². The van der Waals surface area contributed by atoms with Crippen LogP contribution in [0.15, 0.2) is 53.4 Å². The van der Waals surface area contributed by atoms with E-state index in [0.29, 0.717) is 24.5 Å². The Kier molecular flexibility index (Phi) is 6.53. The van der Waals surface area contributed by atoms with Crippen molar-refractivity contribution in [1.82, 2.24) is 4.31 Å². The topological polar surface area (TPSA) is 87.7 Å². The Hall–Kier alpha value is -2.58. The number of anilines is 2. The smallest absolute Gasteiger partial charge is 0.243 e. The molecule has 2 aromatic carbocycles. The fourth-order valence-corrected chi connectivity index (χ4v) is 4.65. The van der Waals surface area contributed by atoms with Crippen LogP contribution in [0.1, 0.15) is 19.3 Å². The monoisotopic (exact) mass is 403 g/mol. The fourth-order valence-electron chi connectivity index (χ4n) is 3.14. The normalized spacial score (nSPS) is 15.0. The summed E-state index contributed by atoms with van der Waals surface area (Å²) >= 11 is 0. The Bertz CT molecular complexity index is 907. The van der Waals surface area contributed by atoms with Crippen molar-refractivity contribution in [3.8, 4) is 5.75 Å². The van der Waals surface area contributed by atoms with Gasteiger partial charge in [0.2, 0.25) is 15.9 Å². The maximum Gasteiger partial charge on any atom is 0.243 e. The molecule has 7 nitrogen and oxygen atoms in total. The van der Waals surface area contributed by atoms with Crippen LogP contribution in [0.25, 0.3) is 0 Å². The van der Waals surface area contributed by atoms with Crippen LogP contribution >= 0.6 is 0 Å². The third-order valence-electron chi connectivity index (χ3n) is 4.64. The van der Waals surface area contributed by atoms with E-state index in [1.54, 1.807) is 19.2 Å². The summed E-state index contributed by atoms with van der Waals surface area (Å²) in [7, 11) is -1.90. The van der Waals surface area contributed by atoms with Crippen LogP contribution in [0.4, 0.5) is 11.4 Å². The first-order chi connectivity index (χ1) is 13.5. The minimum atomic E-state index is -3.47. The van der Waals surface area contributed by atoms with Gasteiger partial charge in [-0.1, -0.05) is 18.6 Å². The average Bonchev–Trinajstić information content (AvgIpc) is 2.73. The predicted octanol–water partition coefficient (Wildman–Crippen LogP) is 2.92. The number of nitrogens with zero attached hydrogens (tertiary/aromatic N) is 1. The molecule has 0 unspecified atom stereocenters. The van der Waals surface area contributed by atoms with E-state index in [1.165, 1.54) is 16.4 Å². The van der Waals surface area contributed by atoms with Crippen LogP contribution in [0, 0.1) is 0 Å². The number of piperidine rings is 1. The summed E-state index contributed by atoms with van der Waals surface area (Å²) in [6.07, 6.45) is 2.86. The van der Waals surface area contributed by atoms with Gasteiger partial charge < -0.3 is 15.4 Å². The van der Waals surface area contributed by atoms with Gasteiger partial charge in [0.15, 0.2) is 0 Å². The van der Waals surface area contributed by atoms with Crippen molar-refractivity contribution in [3.05, 3.63) is 48.5 Å². The molecule has 0 aliphatic carbocycles. The van der Waals surface area contributed by atoms with E-state index in [1.807, 2.05) is 24.3 Å². The highest BCUT2D eigenvalue weighted by molar-refractivity contribution is 7.89. The number of benzene rings is 2. The second kappa shape index (κ2) is 9.07. The summed E-state index contributed by atoms with van der Waals surface area (Å²) in [4.78, 5) is 12.4. The first-order valence-electron chi connectivity index (χ1n) is 9.27. The third-order valence-corrected chi connectivity index (χ3v) is 6.55. The van der Waals surface area contributed by atoms with Crippen LogP contribution in [-0.4, -0.2) is 45.4 Å². The quantitative estimate of drug-likeness (QED) is 0.742. The molecule has 0 saturated carbocycles. The Morgan fingerprint density at radius 1 is 1.04 bits per heavy atom. The van der Waals surface area contributed by atoms with Gasteiger partial charge in [-0.2, -0.15) is 4.31 Å². The maximum absolute atomic E-state index is 12.7. The molecule has 0 atom stereocenters. The molecular formula is C20H25N3O4S. The van der Waals surface area contributed by atoms with Crippen LogP contribution in [0.3, 0.4) is 0 Å². The minimum Gasteiger partial charge on any atom is -0.495 e. The second-order valence-electron chi connectivity index (χ2n) is 6.59. The van der Waals surface area contributed by atoms with Gasteiger partial charge in [-0.05, 0) is 49.2 Å². The SMILES string of the molecule is COc1ccccc1NCC(=O)Nc1ccc(S(=O)(=O)N2CCCCC2)cc1. The fraction of sp³-hybridized carbons (Fsp3) is 0.350. The lowest BCUT2D eigenvalue weighted by Crippen LogP contribution is -2.35. The number of rotatable bonds is 7. The molecule has 1 saturated heterocycles. The van der Waals surface area contributed by atoms with Gasteiger partial charge in [0.25, 0.3) is 0 Å². The maximum atomic E-state index is 12.7. The lowest BCUT2D eigenvalue weighted by atomic mass is 10.2. The number of amides is 1. The summed E-state index contributed by atoms with van der Waals surface area (Å²) in [6.45, 7) is 1.19. The summed E-state index contributed by atoms with van der Waals surface area (Å²) < 4.78 is 32.1. The van der Waals surface area contributed by atoms with Crippen LogP contribution in [-0.2, 0) is 14.8 Å². The molecule has 1 aliphatic heterocycles. The molecular weight excluding hydrogens is 378 g/mol. The molecule has 3 rings (SSSR count). The standard InChI is InChI=1S/C20H25N3O4S/c1-27-19-8-4-3-7-18(19)21-15-20(24)22-16-9-11-17(12-10-16)28(25,26)23-13-5-2-6-14-23/h3-4,7-12,21H,2,5-6,13-15H2,1H3,(H,22,24). The number of nitrogens with one attached hydrogen (secondary N) is 2. The number of methoxy groups -OCH3 is 1. The lowest BCUT2D eigenvalue weighted by Gasteiger charge is -2.25. The van der Waals surface area contributed by atoms with Crippen LogP contribution in [0.5, 0.6) is 5.75 Å². The summed E-state index contributed by atoms with van der Waals surface area (Å²) in [5.41, 5.74) is 1.27. The molecule has 2 N–H and O–H groups in total. The molecule has 1 heterocycles. The van der Waals surface area contributed by atoms with Gasteiger partial charge >= 0.3 is 0 Å². The molecule has 0 aromatic heterocycles. The number of hydrogen-bond acceptors (Lipinski definition) is 5. The van der Waals surface area contributed by atoms with Gasteiger partial charge in [-0.15, -0.1) is 0 Å². The number of para-hydroxylation sites is 2. The first kappa shape index (κ1) is 20.2. The Morgan fingerprint density at radius 3 is 2.39 bits per heavy atom. The third kappa shape index (κ3) is 4.82. The van der Waals surface area contributed by atoms with Crippen molar-refractivity contribution in [2.24, 2.45) is 0 Å². The number of ether oxygens (including phenoxy) is 1. The molecule has 150 valence electrons. The van der Waals surface area contributed by atoms with E-state index in [9.17, 15) is 13.2 Å². The van der Waals surface area contributed by atoms with Crippen LogP contribution < -0.4 is 15.4 Å². The van der Waals surface area contributed by atoms with Crippen molar-refractivity contribution in [3.63, 3.8) is 0 Å². The van der Waals surface area contributed by atoms with Gasteiger partial charge in [-0.3, -0.25) is 4.79 Å². The van der Waals surface area contributed by atoms with Crippen molar-refractivity contribution >= 4 is 27.3 Å². The molecule has 28 heavy (non-hydrogen) atoms. The van der Waals surface area contributed by atoms with E-state index < -0.39 is 10.0 Å². The molecule has 1 aliphatic rings. The highest BCUT2D eigenvalue weighted by Crippen LogP contribution is 2.23. The van der Waals surface area contributed by atoms with Crippen molar-refractivity contribution in [1.29, 1.82) is 0 Å². The molecule has 2 aromatic rings. The van der Waals surface area contributed by atoms with E-state index in [0.717, 1.165) is 24.9 Å². The number of carbonyl (C=O) groups is 1. The van der Waals surface area contributed by atoms with Gasteiger partial charge in [0.05, 0.1) is 24.2 Å². The zero-order chi connectivity index (χ0) is 20.0. The van der Waals surface area contributed by atoms with Crippen molar-refractivity contribution in [2.45, 2.75) is 24.2 Å². The Labute approximate surface area is 165 Å². The molecule has 1 fully saturated rings. The summed E-state index contributed by atoms with van der Waals surface area (Å²) in [5.74, 6) is 0.417. The second-order valence-corrected chi connectivity index (χ2v) is 8.53. The first-order valence-corrected chi connectivity index (χ1v) is 10.7. The van der Waals surface area contributed by atoms with Crippen LogP contribution in [0.2, 0.25) is 0 Å². The average molecular weight is 404 g/mol. The van der Waals surface area contributed by atoms with Gasteiger partial charge in [-0.25, -0.2) is 8.42 Å². The lowest BCUT2D eigenvalue weighted by molar-refractivity contribution is -0.114.